The number of para-hydroxylation sites is 1. The van der Waals surface area contributed by atoms with Crippen LogP contribution in [0.4, 0.5) is 0 Å². The molecule has 0 saturated carbocycles. The summed E-state index contributed by atoms with van der Waals surface area (Å²) < 4.78 is 5.34. The van der Waals surface area contributed by atoms with Gasteiger partial charge in [-0.15, -0.1) is 0 Å². The van der Waals surface area contributed by atoms with Crippen molar-refractivity contribution in [3.05, 3.63) is 50.6 Å². The number of ether oxygens (including phenoxy) is 1. The van der Waals surface area contributed by atoms with Gasteiger partial charge in [-0.25, -0.2) is 0 Å². The highest BCUT2D eigenvalue weighted by atomic mass is 16.6. The van der Waals surface area contributed by atoms with E-state index < -0.39 is 28.5 Å². The van der Waals surface area contributed by atoms with Crippen molar-refractivity contribution in [1.82, 2.24) is 0 Å². The number of benzene rings is 1. The second-order valence-electron chi connectivity index (χ2n) is 3.85. The molecule has 0 amide bonds. The molecule has 7 heteroatoms. The van der Waals surface area contributed by atoms with Gasteiger partial charge in [0.05, 0.1) is 0 Å². The zero-order valence-electron chi connectivity index (χ0n) is 9.24. The van der Waals surface area contributed by atoms with E-state index in [1.807, 2.05) is 0 Å². The van der Waals surface area contributed by atoms with Gasteiger partial charge in [0.2, 0.25) is 18.7 Å². The summed E-state index contributed by atoms with van der Waals surface area (Å²) in [5.74, 6) is 0.374. The van der Waals surface area contributed by atoms with Gasteiger partial charge >= 0.3 is 0 Å². The molecule has 17 heavy (non-hydrogen) atoms. The molecule has 1 rings (SSSR count). The number of hydrogen-bond donors (Lipinski definition) is 0. The normalized spacial score (nSPS) is 10.9. The lowest BCUT2D eigenvalue weighted by atomic mass is 10.1. The van der Waals surface area contributed by atoms with E-state index in [0.29, 0.717) is 5.75 Å². The summed E-state index contributed by atoms with van der Waals surface area (Å²) in [6.07, 6.45) is 0. The van der Waals surface area contributed by atoms with E-state index in [9.17, 15) is 20.2 Å². The number of nitro groups is 2. The van der Waals surface area contributed by atoms with Crippen LogP contribution in [0.1, 0.15) is 6.92 Å². The second kappa shape index (κ2) is 5.24. The third kappa shape index (κ3) is 4.45. The van der Waals surface area contributed by atoms with Gasteiger partial charge in [0.1, 0.15) is 5.75 Å². The SMILES string of the molecule is CC(C[N+](=O)[O-])(C[N+](=O)[O-])Oc1ccccc1. The molecule has 92 valence electrons. The minimum absolute atomic E-state index is 0.374. The summed E-state index contributed by atoms with van der Waals surface area (Å²) in [6, 6.07) is 8.32. The monoisotopic (exact) mass is 240 g/mol. The van der Waals surface area contributed by atoms with Crippen molar-refractivity contribution in [3.63, 3.8) is 0 Å². The van der Waals surface area contributed by atoms with E-state index in [0.717, 1.165) is 0 Å². The molecule has 0 radical (unpaired) electrons. The smallest absolute Gasteiger partial charge is 0.249 e. The van der Waals surface area contributed by atoms with Crippen LogP contribution in [0.3, 0.4) is 0 Å². The molecule has 0 fully saturated rings. The van der Waals surface area contributed by atoms with Crippen molar-refractivity contribution in [1.29, 1.82) is 0 Å². The summed E-state index contributed by atoms with van der Waals surface area (Å²) in [7, 11) is 0. The topological polar surface area (TPSA) is 95.5 Å². The van der Waals surface area contributed by atoms with Crippen LogP contribution in [0.15, 0.2) is 30.3 Å². The van der Waals surface area contributed by atoms with E-state index in [1.54, 1.807) is 30.3 Å². The van der Waals surface area contributed by atoms with Crippen LogP contribution in [-0.2, 0) is 0 Å². The van der Waals surface area contributed by atoms with Crippen LogP contribution < -0.4 is 4.74 Å². The van der Waals surface area contributed by atoms with E-state index in [1.165, 1.54) is 6.92 Å². The summed E-state index contributed by atoms with van der Waals surface area (Å²) in [6.45, 7) is 0.108. The van der Waals surface area contributed by atoms with Crippen molar-refractivity contribution in [2.75, 3.05) is 13.1 Å². The molecule has 0 saturated heterocycles. The molecular formula is C10H12N2O5. The fourth-order valence-electron chi connectivity index (χ4n) is 1.43. The lowest BCUT2D eigenvalue weighted by Crippen LogP contribution is -2.46. The maximum atomic E-state index is 10.5. The first-order valence-electron chi connectivity index (χ1n) is 4.89. The predicted octanol–water partition coefficient (Wildman–Crippen LogP) is 1.38. The Hall–Kier alpha value is -2.18. The van der Waals surface area contributed by atoms with Crippen molar-refractivity contribution in [3.8, 4) is 5.75 Å². The van der Waals surface area contributed by atoms with Crippen LogP contribution in [-0.4, -0.2) is 28.5 Å². The zero-order valence-corrected chi connectivity index (χ0v) is 9.24. The summed E-state index contributed by atoms with van der Waals surface area (Å²) in [5, 5.41) is 21.0. The van der Waals surface area contributed by atoms with E-state index >= 15 is 0 Å². The summed E-state index contributed by atoms with van der Waals surface area (Å²) in [4.78, 5) is 19.7. The van der Waals surface area contributed by atoms with Crippen molar-refractivity contribution in [2.24, 2.45) is 0 Å². The molecule has 0 heterocycles. The first-order valence-corrected chi connectivity index (χ1v) is 4.89. The first kappa shape index (κ1) is 12.9. The van der Waals surface area contributed by atoms with Crippen LogP contribution >= 0.6 is 0 Å². The minimum atomic E-state index is -1.45. The summed E-state index contributed by atoms with van der Waals surface area (Å²) >= 11 is 0. The highest BCUT2D eigenvalue weighted by molar-refractivity contribution is 5.22. The quantitative estimate of drug-likeness (QED) is 0.552. The molecule has 0 aromatic heterocycles. The van der Waals surface area contributed by atoms with Crippen molar-refractivity contribution >= 4 is 0 Å². The van der Waals surface area contributed by atoms with Gasteiger partial charge in [0.25, 0.3) is 0 Å². The lowest BCUT2D eigenvalue weighted by molar-refractivity contribution is -0.538. The molecule has 7 nitrogen and oxygen atoms in total. The van der Waals surface area contributed by atoms with Gasteiger partial charge in [0.15, 0.2) is 0 Å². The summed E-state index contributed by atoms with van der Waals surface area (Å²) in [5.41, 5.74) is -1.45. The number of nitrogens with zero attached hydrogens (tertiary/aromatic N) is 2. The molecule has 1 aromatic rings. The fraction of sp³-hybridized carbons (Fsp3) is 0.400. The Balaban J connectivity index is 2.83. The fourth-order valence-corrected chi connectivity index (χ4v) is 1.43. The van der Waals surface area contributed by atoms with Crippen molar-refractivity contribution < 1.29 is 14.6 Å². The zero-order chi connectivity index (χ0) is 12.9. The number of hydrogen-bond acceptors (Lipinski definition) is 5. The molecule has 0 N–H and O–H groups in total. The van der Waals surface area contributed by atoms with Gasteiger partial charge in [-0.2, -0.15) is 0 Å². The minimum Gasteiger partial charge on any atom is -0.474 e. The van der Waals surface area contributed by atoms with Crippen molar-refractivity contribution in [2.45, 2.75) is 12.5 Å². The Morgan fingerprint density at radius 1 is 1.12 bits per heavy atom. The second-order valence-corrected chi connectivity index (χ2v) is 3.85. The molecule has 0 spiro atoms. The van der Waals surface area contributed by atoms with Crippen LogP contribution in [0.25, 0.3) is 0 Å². The molecule has 0 bridgehead atoms. The predicted molar refractivity (Wildman–Crippen MR) is 59.2 cm³/mol. The largest absolute Gasteiger partial charge is 0.474 e. The molecule has 0 aliphatic heterocycles. The third-order valence-corrected chi connectivity index (χ3v) is 2.03. The Morgan fingerprint density at radius 3 is 2.00 bits per heavy atom. The Morgan fingerprint density at radius 2 is 1.59 bits per heavy atom. The number of rotatable bonds is 6. The van der Waals surface area contributed by atoms with E-state index in [-0.39, 0.29) is 0 Å². The average molecular weight is 240 g/mol. The standard InChI is InChI=1S/C10H12N2O5/c1-10(7-11(13)14,8-12(15)16)17-9-5-3-2-4-6-9/h2-6H,7-8H2,1H3. The van der Waals surface area contributed by atoms with Crippen LogP contribution in [0, 0.1) is 20.2 Å². The Kier molecular flexibility index (Phi) is 3.97. The molecule has 0 aliphatic rings. The van der Waals surface area contributed by atoms with Gasteiger partial charge in [-0.3, -0.25) is 20.2 Å². The van der Waals surface area contributed by atoms with Gasteiger partial charge in [-0.1, -0.05) is 18.2 Å². The molecule has 0 aliphatic carbocycles. The maximum absolute atomic E-state index is 10.5. The highest BCUT2D eigenvalue weighted by Crippen LogP contribution is 2.18. The third-order valence-electron chi connectivity index (χ3n) is 2.03. The van der Waals surface area contributed by atoms with E-state index in [2.05, 4.69) is 0 Å². The van der Waals surface area contributed by atoms with Gasteiger partial charge < -0.3 is 4.74 Å². The molecule has 0 atom stereocenters. The molecule has 0 unspecified atom stereocenters. The van der Waals surface area contributed by atoms with Gasteiger partial charge in [0, 0.05) is 9.85 Å². The highest BCUT2D eigenvalue weighted by Gasteiger charge is 2.38. The molecular weight excluding hydrogens is 228 g/mol. The van der Waals surface area contributed by atoms with Crippen LogP contribution in [0.2, 0.25) is 0 Å². The Bertz CT molecular complexity index is 390. The van der Waals surface area contributed by atoms with Gasteiger partial charge in [-0.05, 0) is 19.1 Å². The van der Waals surface area contributed by atoms with Crippen LogP contribution in [0.5, 0.6) is 5.75 Å². The average Bonchev–Trinajstić information content (AvgIpc) is 2.15. The van der Waals surface area contributed by atoms with E-state index in [4.69, 9.17) is 4.74 Å². The Labute approximate surface area is 97.3 Å². The molecule has 1 aromatic carbocycles. The lowest BCUT2D eigenvalue weighted by Gasteiger charge is -2.22. The first-order chi connectivity index (χ1) is 7.91. The maximum Gasteiger partial charge on any atom is 0.249 e.